The fourth-order valence-corrected chi connectivity index (χ4v) is 1.85. The van der Waals surface area contributed by atoms with Crippen molar-refractivity contribution in [2.75, 3.05) is 26.8 Å². The second-order valence-electron chi connectivity index (χ2n) is 4.29. The smallest absolute Gasteiger partial charge is 0.255 e. The lowest BCUT2D eigenvalue weighted by Gasteiger charge is -2.35. The van der Waals surface area contributed by atoms with Crippen LogP contribution in [0.5, 0.6) is 0 Å². The molecule has 1 atom stereocenters. The molecule has 1 heterocycles. The number of amides is 1. The monoisotopic (exact) mass is 221 g/mol. The van der Waals surface area contributed by atoms with Crippen LogP contribution in [0.4, 0.5) is 8.78 Å². The van der Waals surface area contributed by atoms with E-state index in [0.29, 0.717) is 19.6 Å². The van der Waals surface area contributed by atoms with Gasteiger partial charge in [0.05, 0.1) is 18.6 Å². The van der Waals surface area contributed by atoms with Crippen molar-refractivity contribution in [1.29, 1.82) is 0 Å². The van der Waals surface area contributed by atoms with Crippen LogP contribution in [0, 0.1) is 5.41 Å². The molecule has 1 aliphatic heterocycles. The molecule has 1 amide bonds. The molecular weight excluding hydrogens is 204 g/mol. The van der Waals surface area contributed by atoms with Gasteiger partial charge in [-0.3, -0.25) is 4.79 Å². The fourth-order valence-electron chi connectivity index (χ4n) is 1.85. The van der Waals surface area contributed by atoms with Gasteiger partial charge in [0.1, 0.15) is 0 Å². The number of halogens is 2. The molecule has 1 fully saturated rings. The zero-order valence-electron chi connectivity index (χ0n) is 9.13. The van der Waals surface area contributed by atoms with Crippen molar-refractivity contribution in [1.82, 2.24) is 4.90 Å². The molecule has 88 valence electrons. The first kappa shape index (κ1) is 12.4. The summed E-state index contributed by atoms with van der Waals surface area (Å²) in [6.45, 7) is 2.26. The fraction of sp³-hybridized carbons (Fsp3) is 0.900. The lowest BCUT2D eigenvalue weighted by molar-refractivity contribution is -0.149. The Bertz CT molecular complexity index is 227. The van der Waals surface area contributed by atoms with E-state index in [1.165, 1.54) is 7.05 Å². The van der Waals surface area contributed by atoms with E-state index in [1.54, 1.807) is 6.92 Å². The molecular formula is C10H17F2NO2. The first-order valence-electron chi connectivity index (χ1n) is 5.07. The Labute approximate surface area is 88.4 Å². The van der Waals surface area contributed by atoms with Crippen LogP contribution in [0.2, 0.25) is 0 Å². The molecule has 0 spiro atoms. The van der Waals surface area contributed by atoms with E-state index in [2.05, 4.69) is 0 Å². The number of carbonyl (C=O) groups excluding carboxylic acids is 1. The number of rotatable bonds is 3. The van der Waals surface area contributed by atoms with E-state index < -0.39 is 18.4 Å². The standard InChI is InChI=1S/C10H17F2NO2/c1-10(4-3-5-15-7-10)9(14)13(2)6-8(11)12/h8H,3-7H2,1-2H3. The summed E-state index contributed by atoms with van der Waals surface area (Å²) in [5.41, 5.74) is -0.623. The zero-order valence-corrected chi connectivity index (χ0v) is 9.13. The van der Waals surface area contributed by atoms with Gasteiger partial charge in [0.25, 0.3) is 6.43 Å². The molecule has 3 nitrogen and oxygen atoms in total. The Hall–Kier alpha value is -0.710. The lowest BCUT2D eigenvalue weighted by atomic mass is 9.83. The maximum Gasteiger partial charge on any atom is 0.255 e. The second-order valence-corrected chi connectivity index (χ2v) is 4.29. The van der Waals surface area contributed by atoms with Crippen molar-refractivity contribution in [3.8, 4) is 0 Å². The number of ether oxygens (including phenoxy) is 1. The second kappa shape index (κ2) is 4.88. The summed E-state index contributed by atoms with van der Waals surface area (Å²) in [4.78, 5) is 13.0. The topological polar surface area (TPSA) is 29.5 Å². The predicted molar refractivity (Wildman–Crippen MR) is 51.8 cm³/mol. The summed E-state index contributed by atoms with van der Waals surface area (Å²) in [6, 6.07) is 0. The van der Waals surface area contributed by atoms with Crippen LogP contribution in [0.1, 0.15) is 19.8 Å². The SMILES string of the molecule is CN(CC(F)F)C(=O)C1(C)CCCOC1. The molecule has 0 aromatic heterocycles. The summed E-state index contributed by atoms with van der Waals surface area (Å²) < 4.78 is 29.5. The van der Waals surface area contributed by atoms with E-state index in [-0.39, 0.29) is 5.91 Å². The van der Waals surface area contributed by atoms with E-state index in [4.69, 9.17) is 4.74 Å². The maximum atomic E-state index is 12.1. The van der Waals surface area contributed by atoms with Gasteiger partial charge in [-0.25, -0.2) is 8.78 Å². The van der Waals surface area contributed by atoms with Crippen molar-refractivity contribution in [2.45, 2.75) is 26.2 Å². The molecule has 0 aromatic carbocycles. The highest BCUT2D eigenvalue weighted by molar-refractivity contribution is 5.82. The molecule has 5 heteroatoms. The van der Waals surface area contributed by atoms with Gasteiger partial charge >= 0.3 is 0 Å². The molecule has 0 saturated carbocycles. The summed E-state index contributed by atoms with van der Waals surface area (Å²) in [7, 11) is 1.41. The molecule has 1 rings (SSSR count). The minimum atomic E-state index is -2.48. The summed E-state index contributed by atoms with van der Waals surface area (Å²) in [5.74, 6) is -0.248. The van der Waals surface area contributed by atoms with Crippen molar-refractivity contribution in [3.63, 3.8) is 0 Å². The Morgan fingerprint density at radius 1 is 1.60 bits per heavy atom. The van der Waals surface area contributed by atoms with E-state index >= 15 is 0 Å². The van der Waals surface area contributed by atoms with Gasteiger partial charge in [0.2, 0.25) is 5.91 Å². The lowest BCUT2D eigenvalue weighted by Crippen LogP contribution is -2.46. The van der Waals surface area contributed by atoms with Crippen LogP contribution >= 0.6 is 0 Å². The third-order valence-corrected chi connectivity index (χ3v) is 2.71. The molecule has 1 aliphatic rings. The molecule has 0 radical (unpaired) electrons. The van der Waals surface area contributed by atoms with Crippen LogP contribution in [-0.4, -0.2) is 44.0 Å². The number of carbonyl (C=O) groups is 1. The van der Waals surface area contributed by atoms with Crippen molar-refractivity contribution < 1.29 is 18.3 Å². The highest BCUT2D eigenvalue weighted by Gasteiger charge is 2.37. The van der Waals surface area contributed by atoms with Gasteiger partial charge in [-0.2, -0.15) is 0 Å². The number of hydrogen-bond acceptors (Lipinski definition) is 2. The quantitative estimate of drug-likeness (QED) is 0.723. The highest BCUT2D eigenvalue weighted by atomic mass is 19.3. The molecule has 0 bridgehead atoms. The first-order chi connectivity index (χ1) is 6.96. The van der Waals surface area contributed by atoms with Gasteiger partial charge in [-0.1, -0.05) is 0 Å². The molecule has 1 unspecified atom stereocenters. The van der Waals surface area contributed by atoms with Gasteiger partial charge in [0.15, 0.2) is 0 Å². The number of nitrogens with zero attached hydrogens (tertiary/aromatic N) is 1. The van der Waals surface area contributed by atoms with Gasteiger partial charge < -0.3 is 9.64 Å². The third-order valence-electron chi connectivity index (χ3n) is 2.71. The van der Waals surface area contributed by atoms with E-state index in [1.807, 2.05) is 0 Å². The Kier molecular flexibility index (Phi) is 4.02. The number of hydrogen-bond donors (Lipinski definition) is 0. The normalized spacial score (nSPS) is 26.7. The van der Waals surface area contributed by atoms with Gasteiger partial charge in [0, 0.05) is 13.7 Å². The van der Waals surface area contributed by atoms with E-state index in [0.717, 1.165) is 11.3 Å². The van der Waals surface area contributed by atoms with Crippen LogP contribution in [0.15, 0.2) is 0 Å². The first-order valence-corrected chi connectivity index (χ1v) is 5.07. The molecule has 15 heavy (non-hydrogen) atoms. The maximum absolute atomic E-state index is 12.1. The van der Waals surface area contributed by atoms with Crippen LogP contribution in [0.25, 0.3) is 0 Å². The largest absolute Gasteiger partial charge is 0.380 e. The Balaban J connectivity index is 2.57. The van der Waals surface area contributed by atoms with Crippen molar-refractivity contribution in [2.24, 2.45) is 5.41 Å². The Morgan fingerprint density at radius 2 is 2.27 bits per heavy atom. The van der Waals surface area contributed by atoms with E-state index in [9.17, 15) is 13.6 Å². The molecule has 1 saturated heterocycles. The van der Waals surface area contributed by atoms with Crippen LogP contribution < -0.4 is 0 Å². The minimum Gasteiger partial charge on any atom is -0.380 e. The predicted octanol–water partition coefficient (Wildman–Crippen LogP) is 1.53. The van der Waals surface area contributed by atoms with Crippen LogP contribution in [0.3, 0.4) is 0 Å². The zero-order chi connectivity index (χ0) is 11.5. The van der Waals surface area contributed by atoms with Crippen LogP contribution in [-0.2, 0) is 9.53 Å². The highest BCUT2D eigenvalue weighted by Crippen LogP contribution is 2.29. The summed E-state index contributed by atoms with van der Waals surface area (Å²) in [5, 5.41) is 0. The summed E-state index contributed by atoms with van der Waals surface area (Å²) in [6.07, 6.45) is -0.962. The molecule has 0 aliphatic carbocycles. The van der Waals surface area contributed by atoms with Gasteiger partial charge in [-0.15, -0.1) is 0 Å². The average molecular weight is 221 g/mol. The van der Waals surface area contributed by atoms with Gasteiger partial charge in [-0.05, 0) is 19.8 Å². The minimum absolute atomic E-state index is 0.248. The summed E-state index contributed by atoms with van der Waals surface area (Å²) >= 11 is 0. The average Bonchev–Trinajstić information content (AvgIpc) is 2.16. The number of alkyl halides is 2. The Morgan fingerprint density at radius 3 is 2.73 bits per heavy atom. The third kappa shape index (κ3) is 3.12. The van der Waals surface area contributed by atoms with Crippen molar-refractivity contribution >= 4 is 5.91 Å². The molecule has 0 aromatic rings. The molecule has 0 N–H and O–H groups in total. The van der Waals surface area contributed by atoms with Crippen molar-refractivity contribution in [3.05, 3.63) is 0 Å².